The number of rotatable bonds is 12. The van der Waals surface area contributed by atoms with Crippen molar-refractivity contribution in [3.8, 4) is 11.1 Å². The molecule has 0 radical (unpaired) electrons. The summed E-state index contributed by atoms with van der Waals surface area (Å²) in [6.45, 7) is 6.80. The van der Waals surface area contributed by atoms with Gasteiger partial charge in [0.25, 0.3) is 0 Å². The molecule has 0 aliphatic heterocycles. The molecular weight excluding hydrogens is 328 g/mol. The lowest BCUT2D eigenvalue weighted by Gasteiger charge is -2.16. The third-order valence-electron chi connectivity index (χ3n) is 5.56. The fourth-order valence-electron chi connectivity index (χ4n) is 3.85. The van der Waals surface area contributed by atoms with Crippen molar-refractivity contribution in [2.75, 3.05) is 0 Å². The van der Waals surface area contributed by atoms with E-state index < -0.39 is 0 Å². The largest absolute Gasteiger partial charge is 0.393 e. The Labute approximate surface area is 166 Å². The van der Waals surface area contributed by atoms with E-state index in [1.54, 1.807) is 0 Å². The zero-order valence-electron chi connectivity index (χ0n) is 17.6. The minimum atomic E-state index is -0.233. The van der Waals surface area contributed by atoms with Gasteiger partial charge < -0.3 is 5.11 Å². The SMILES string of the molecule is CCCCCC(C)CCc1ccc(CC(O)CCC)cc1-c1ccccc1. The summed E-state index contributed by atoms with van der Waals surface area (Å²) in [5.74, 6) is 0.784. The Morgan fingerprint density at radius 3 is 2.33 bits per heavy atom. The molecule has 1 N–H and O–H groups in total. The van der Waals surface area contributed by atoms with Crippen molar-refractivity contribution >= 4 is 0 Å². The van der Waals surface area contributed by atoms with Gasteiger partial charge in [-0.2, -0.15) is 0 Å². The first-order valence-electron chi connectivity index (χ1n) is 11.0. The van der Waals surface area contributed by atoms with Crippen LogP contribution in [0.4, 0.5) is 0 Å². The molecule has 0 fully saturated rings. The molecule has 1 nitrogen and oxygen atoms in total. The fourth-order valence-corrected chi connectivity index (χ4v) is 3.85. The topological polar surface area (TPSA) is 20.2 Å². The second kappa shape index (κ2) is 12.0. The smallest absolute Gasteiger partial charge is 0.0580 e. The van der Waals surface area contributed by atoms with Crippen LogP contribution < -0.4 is 0 Å². The summed E-state index contributed by atoms with van der Waals surface area (Å²) in [5, 5.41) is 10.2. The van der Waals surface area contributed by atoms with Gasteiger partial charge in [-0.3, -0.25) is 0 Å². The number of aliphatic hydroxyl groups is 1. The second-order valence-corrected chi connectivity index (χ2v) is 8.14. The van der Waals surface area contributed by atoms with Crippen molar-refractivity contribution in [3.05, 3.63) is 59.7 Å². The zero-order valence-corrected chi connectivity index (χ0v) is 17.6. The quantitative estimate of drug-likeness (QED) is 0.394. The number of aryl methyl sites for hydroxylation is 1. The van der Waals surface area contributed by atoms with E-state index in [1.807, 2.05) is 0 Å². The minimum Gasteiger partial charge on any atom is -0.393 e. The Hall–Kier alpha value is -1.60. The van der Waals surface area contributed by atoms with Crippen LogP contribution in [-0.2, 0) is 12.8 Å². The molecule has 0 aromatic heterocycles. The van der Waals surface area contributed by atoms with E-state index in [0.717, 1.165) is 31.6 Å². The highest BCUT2D eigenvalue weighted by molar-refractivity contribution is 5.68. The first kappa shape index (κ1) is 21.7. The molecule has 27 heavy (non-hydrogen) atoms. The van der Waals surface area contributed by atoms with Crippen molar-refractivity contribution in [3.63, 3.8) is 0 Å². The van der Waals surface area contributed by atoms with Gasteiger partial charge in [0.05, 0.1) is 6.10 Å². The molecule has 2 aromatic rings. The molecule has 2 aromatic carbocycles. The van der Waals surface area contributed by atoms with Gasteiger partial charge in [0.1, 0.15) is 0 Å². The van der Waals surface area contributed by atoms with Crippen molar-refractivity contribution < 1.29 is 5.11 Å². The molecule has 0 spiro atoms. The van der Waals surface area contributed by atoms with Gasteiger partial charge in [0, 0.05) is 0 Å². The van der Waals surface area contributed by atoms with Crippen LogP contribution in [0, 0.1) is 5.92 Å². The molecular formula is C26H38O. The maximum atomic E-state index is 10.2. The third kappa shape index (κ3) is 7.50. The summed E-state index contributed by atoms with van der Waals surface area (Å²) >= 11 is 0. The second-order valence-electron chi connectivity index (χ2n) is 8.14. The van der Waals surface area contributed by atoms with Crippen LogP contribution in [0.2, 0.25) is 0 Å². The van der Waals surface area contributed by atoms with E-state index >= 15 is 0 Å². The fraction of sp³-hybridized carbons (Fsp3) is 0.538. The molecule has 0 saturated carbocycles. The average molecular weight is 367 g/mol. The van der Waals surface area contributed by atoms with Gasteiger partial charge in [-0.1, -0.05) is 101 Å². The van der Waals surface area contributed by atoms with Gasteiger partial charge >= 0.3 is 0 Å². The number of aliphatic hydroxyl groups excluding tert-OH is 1. The van der Waals surface area contributed by atoms with Crippen LogP contribution in [0.15, 0.2) is 48.5 Å². The molecule has 0 saturated heterocycles. The van der Waals surface area contributed by atoms with Crippen molar-refractivity contribution in [2.24, 2.45) is 5.92 Å². The Morgan fingerprint density at radius 2 is 1.63 bits per heavy atom. The molecule has 2 unspecified atom stereocenters. The van der Waals surface area contributed by atoms with Crippen LogP contribution in [-0.4, -0.2) is 11.2 Å². The minimum absolute atomic E-state index is 0.233. The summed E-state index contributed by atoms with van der Waals surface area (Å²) in [6.07, 6.45) is 10.2. The van der Waals surface area contributed by atoms with E-state index in [2.05, 4.69) is 69.3 Å². The highest BCUT2D eigenvalue weighted by Gasteiger charge is 2.11. The predicted octanol–water partition coefficient (Wildman–Crippen LogP) is 7.21. The maximum absolute atomic E-state index is 10.2. The molecule has 148 valence electrons. The first-order valence-corrected chi connectivity index (χ1v) is 11.0. The Balaban J connectivity index is 2.13. The van der Waals surface area contributed by atoms with Gasteiger partial charge in [-0.05, 0) is 53.9 Å². The van der Waals surface area contributed by atoms with E-state index in [0.29, 0.717) is 0 Å². The monoisotopic (exact) mass is 366 g/mol. The third-order valence-corrected chi connectivity index (χ3v) is 5.56. The van der Waals surface area contributed by atoms with Crippen LogP contribution >= 0.6 is 0 Å². The van der Waals surface area contributed by atoms with Gasteiger partial charge in [-0.25, -0.2) is 0 Å². The molecule has 2 atom stereocenters. The summed E-state index contributed by atoms with van der Waals surface area (Å²) in [5.41, 5.74) is 5.32. The predicted molar refractivity (Wildman–Crippen MR) is 118 cm³/mol. The molecule has 1 heteroatoms. The number of hydrogen-bond donors (Lipinski definition) is 1. The number of hydrogen-bond acceptors (Lipinski definition) is 1. The van der Waals surface area contributed by atoms with Gasteiger partial charge in [-0.15, -0.1) is 0 Å². The van der Waals surface area contributed by atoms with Gasteiger partial charge in [0.2, 0.25) is 0 Å². The summed E-state index contributed by atoms with van der Waals surface area (Å²) in [4.78, 5) is 0. The molecule has 0 aliphatic carbocycles. The van der Waals surface area contributed by atoms with E-state index in [9.17, 15) is 5.11 Å². The lowest BCUT2D eigenvalue weighted by atomic mass is 9.90. The van der Waals surface area contributed by atoms with E-state index in [4.69, 9.17) is 0 Å². The van der Waals surface area contributed by atoms with Crippen LogP contribution in [0.5, 0.6) is 0 Å². The lowest BCUT2D eigenvalue weighted by molar-refractivity contribution is 0.164. The van der Waals surface area contributed by atoms with Crippen molar-refractivity contribution in [2.45, 2.75) is 84.7 Å². The van der Waals surface area contributed by atoms with Crippen LogP contribution in [0.1, 0.15) is 76.8 Å². The van der Waals surface area contributed by atoms with Crippen molar-refractivity contribution in [1.82, 2.24) is 0 Å². The molecule has 0 heterocycles. The first-order chi connectivity index (χ1) is 13.1. The molecule has 2 rings (SSSR count). The highest BCUT2D eigenvalue weighted by Crippen LogP contribution is 2.28. The number of unbranched alkanes of at least 4 members (excludes halogenated alkanes) is 2. The van der Waals surface area contributed by atoms with E-state index in [1.165, 1.54) is 54.4 Å². The summed E-state index contributed by atoms with van der Waals surface area (Å²) in [6, 6.07) is 17.6. The van der Waals surface area contributed by atoms with Crippen molar-refractivity contribution in [1.29, 1.82) is 0 Å². The van der Waals surface area contributed by atoms with Crippen LogP contribution in [0.25, 0.3) is 11.1 Å². The standard InChI is InChI=1S/C26H38O/c1-4-6-8-12-21(3)15-17-24-18-16-22(19-25(27)11-5-2)20-26(24)23-13-9-7-10-14-23/h7,9-10,13-14,16,18,20-21,25,27H,4-6,8,11-12,15,17,19H2,1-3H3. The number of benzene rings is 2. The Morgan fingerprint density at radius 1 is 0.852 bits per heavy atom. The lowest BCUT2D eigenvalue weighted by Crippen LogP contribution is -2.10. The molecule has 0 amide bonds. The summed E-state index contributed by atoms with van der Waals surface area (Å²) in [7, 11) is 0. The maximum Gasteiger partial charge on any atom is 0.0580 e. The Kier molecular flexibility index (Phi) is 9.62. The van der Waals surface area contributed by atoms with E-state index in [-0.39, 0.29) is 6.10 Å². The highest BCUT2D eigenvalue weighted by atomic mass is 16.3. The summed E-state index contributed by atoms with van der Waals surface area (Å²) < 4.78 is 0. The van der Waals surface area contributed by atoms with Gasteiger partial charge in [0.15, 0.2) is 0 Å². The Bertz CT molecular complexity index is 647. The molecule has 0 bridgehead atoms. The average Bonchev–Trinajstić information content (AvgIpc) is 2.68. The van der Waals surface area contributed by atoms with Crippen LogP contribution in [0.3, 0.4) is 0 Å². The zero-order chi connectivity index (χ0) is 19.5. The molecule has 0 aliphatic rings. The normalized spacial score (nSPS) is 13.5.